The zero-order chi connectivity index (χ0) is 9.68. The second kappa shape index (κ2) is 4.99. The monoisotopic (exact) mass is 186 g/mol. The Morgan fingerprint density at radius 1 is 1.69 bits per heavy atom. The zero-order valence-electron chi connectivity index (χ0n) is 7.60. The molecule has 0 aromatic carbocycles. The first-order valence-corrected chi connectivity index (χ1v) is 4.30. The zero-order valence-corrected chi connectivity index (χ0v) is 7.60. The number of methoxy groups -OCH3 is 1. The van der Waals surface area contributed by atoms with Crippen molar-refractivity contribution in [2.24, 2.45) is 0 Å². The molecule has 4 nitrogen and oxygen atoms in total. The van der Waals surface area contributed by atoms with Gasteiger partial charge in [0.05, 0.1) is 13.2 Å². The first-order valence-electron chi connectivity index (χ1n) is 4.30. The number of carbonyl (C=O) groups is 1. The van der Waals surface area contributed by atoms with Crippen LogP contribution in [-0.2, 0) is 14.3 Å². The molecule has 0 amide bonds. The van der Waals surface area contributed by atoms with Gasteiger partial charge in [-0.25, -0.2) is 4.79 Å². The Morgan fingerprint density at radius 3 is 3.08 bits per heavy atom. The molecule has 2 atom stereocenters. The van der Waals surface area contributed by atoms with Gasteiger partial charge in [0.2, 0.25) is 0 Å². The summed E-state index contributed by atoms with van der Waals surface area (Å²) in [7, 11) is 1.31. The van der Waals surface area contributed by atoms with E-state index in [4.69, 9.17) is 4.74 Å². The van der Waals surface area contributed by atoms with E-state index in [1.165, 1.54) is 19.3 Å². The number of aliphatic hydroxyl groups excluding tert-OH is 1. The van der Waals surface area contributed by atoms with Gasteiger partial charge in [-0.1, -0.05) is 0 Å². The van der Waals surface area contributed by atoms with Gasteiger partial charge >= 0.3 is 5.97 Å². The third-order valence-corrected chi connectivity index (χ3v) is 1.96. The molecule has 74 valence electrons. The predicted molar refractivity (Wildman–Crippen MR) is 46.1 cm³/mol. The molecule has 0 saturated carbocycles. The van der Waals surface area contributed by atoms with Crippen LogP contribution in [-0.4, -0.2) is 37.0 Å². The van der Waals surface area contributed by atoms with Crippen LogP contribution in [0.3, 0.4) is 0 Å². The Labute approximate surface area is 77.1 Å². The Kier molecular flexibility index (Phi) is 3.92. The van der Waals surface area contributed by atoms with Crippen molar-refractivity contribution < 1.29 is 19.4 Å². The quantitative estimate of drug-likeness (QED) is 0.496. The van der Waals surface area contributed by atoms with Crippen LogP contribution in [0.4, 0.5) is 0 Å². The Hall–Kier alpha value is -0.870. The molecule has 1 N–H and O–H groups in total. The Morgan fingerprint density at radius 2 is 2.46 bits per heavy atom. The average Bonchev–Trinajstić information content (AvgIpc) is 2.16. The van der Waals surface area contributed by atoms with Crippen molar-refractivity contribution in [3.8, 4) is 0 Å². The molecule has 0 aromatic heterocycles. The van der Waals surface area contributed by atoms with E-state index in [-0.39, 0.29) is 6.10 Å². The molecule has 1 heterocycles. The molecule has 0 aliphatic carbocycles. The standard InChI is InChI=1S/C9H14O4/c1-12-9(11)5-4-8-7(10)3-2-6-13-8/h4-5,7-8,10H,2-3,6H2,1H3/b5-4+/t7-,8+/m0/s1. The summed E-state index contributed by atoms with van der Waals surface area (Å²) in [5.74, 6) is -0.429. The van der Waals surface area contributed by atoms with Crippen LogP contribution in [0, 0.1) is 0 Å². The number of ether oxygens (including phenoxy) is 2. The molecule has 0 unspecified atom stereocenters. The van der Waals surface area contributed by atoms with Crippen molar-refractivity contribution >= 4 is 5.97 Å². The number of rotatable bonds is 2. The van der Waals surface area contributed by atoms with Crippen molar-refractivity contribution in [1.82, 2.24) is 0 Å². The smallest absolute Gasteiger partial charge is 0.330 e. The summed E-state index contributed by atoms with van der Waals surface area (Å²) in [4.78, 5) is 10.7. The van der Waals surface area contributed by atoms with E-state index in [1.54, 1.807) is 0 Å². The number of esters is 1. The van der Waals surface area contributed by atoms with E-state index in [0.29, 0.717) is 6.61 Å². The van der Waals surface area contributed by atoms with E-state index >= 15 is 0 Å². The van der Waals surface area contributed by atoms with E-state index in [9.17, 15) is 9.90 Å². The lowest BCUT2D eigenvalue weighted by Gasteiger charge is -2.25. The van der Waals surface area contributed by atoms with Crippen LogP contribution in [0.15, 0.2) is 12.2 Å². The maximum atomic E-state index is 10.7. The summed E-state index contributed by atoms with van der Waals surface area (Å²) in [5, 5.41) is 9.43. The van der Waals surface area contributed by atoms with Gasteiger partial charge < -0.3 is 14.6 Å². The van der Waals surface area contributed by atoms with Crippen molar-refractivity contribution in [3.05, 3.63) is 12.2 Å². The van der Waals surface area contributed by atoms with Crippen LogP contribution in [0.1, 0.15) is 12.8 Å². The SMILES string of the molecule is COC(=O)/C=C/[C@H]1OCCC[C@@H]1O. The van der Waals surface area contributed by atoms with Crippen molar-refractivity contribution in [1.29, 1.82) is 0 Å². The van der Waals surface area contributed by atoms with Crippen LogP contribution in [0.25, 0.3) is 0 Å². The van der Waals surface area contributed by atoms with Gasteiger partial charge in [-0.05, 0) is 18.9 Å². The van der Waals surface area contributed by atoms with E-state index in [0.717, 1.165) is 12.8 Å². The molecule has 1 saturated heterocycles. The molecule has 1 aliphatic rings. The molecule has 4 heteroatoms. The fourth-order valence-corrected chi connectivity index (χ4v) is 1.21. The Balaban J connectivity index is 2.41. The maximum Gasteiger partial charge on any atom is 0.330 e. The first kappa shape index (κ1) is 10.2. The average molecular weight is 186 g/mol. The lowest BCUT2D eigenvalue weighted by Crippen LogP contribution is -2.32. The Bertz CT molecular complexity index is 200. The molecule has 1 aliphatic heterocycles. The van der Waals surface area contributed by atoms with Crippen LogP contribution in [0.5, 0.6) is 0 Å². The first-order chi connectivity index (χ1) is 6.24. The van der Waals surface area contributed by atoms with Gasteiger partial charge in [0.15, 0.2) is 0 Å². The molecular formula is C9H14O4. The second-order valence-corrected chi connectivity index (χ2v) is 2.93. The topological polar surface area (TPSA) is 55.8 Å². The number of carbonyl (C=O) groups excluding carboxylic acids is 1. The van der Waals surface area contributed by atoms with Crippen molar-refractivity contribution in [3.63, 3.8) is 0 Å². The molecule has 1 fully saturated rings. The summed E-state index contributed by atoms with van der Waals surface area (Å²) < 4.78 is 9.65. The van der Waals surface area contributed by atoms with E-state index in [1.807, 2.05) is 0 Å². The van der Waals surface area contributed by atoms with E-state index < -0.39 is 12.1 Å². The number of aliphatic hydroxyl groups is 1. The van der Waals surface area contributed by atoms with Crippen LogP contribution in [0.2, 0.25) is 0 Å². The fourth-order valence-electron chi connectivity index (χ4n) is 1.21. The summed E-state index contributed by atoms with van der Waals surface area (Å²) >= 11 is 0. The van der Waals surface area contributed by atoms with Crippen molar-refractivity contribution in [2.45, 2.75) is 25.0 Å². The van der Waals surface area contributed by atoms with Crippen molar-refractivity contribution in [2.75, 3.05) is 13.7 Å². The highest BCUT2D eigenvalue weighted by Crippen LogP contribution is 2.14. The van der Waals surface area contributed by atoms with E-state index in [2.05, 4.69) is 4.74 Å². The number of hydrogen-bond acceptors (Lipinski definition) is 4. The second-order valence-electron chi connectivity index (χ2n) is 2.93. The lowest BCUT2D eigenvalue weighted by atomic mass is 10.1. The summed E-state index contributed by atoms with van der Waals surface area (Å²) in [5.41, 5.74) is 0. The fraction of sp³-hybridized carbons (Fsp3) is 0.667. The van der Waals surface area contributed by atoms with Crippen LogP contribution >= 0.6 is 0 Å². The largest absolute Gasteiger partial charge is 0.466 e. The minimum Gasteiger partial charge on any atom is -0.466 e. The van der Waals surface area contributed by atoms with Gasteiger partial charge in [-0.3, -0.25) is 0 Å². The minimum atomic E-state index is -0.505. The summed E-state index contributed by atoms with van der Waals surface area (Å²) in [6.07, 6.45) is 3.52. The van der Waals surface area contributed by atoms with Gasteiger partial charge in [0.25, 0.3) is 0 Å². The lowest BCUT2D eigenvalue weighted by molar-refractivity contribution is -0.135. The molecule has 0 spiro atoms. The molecule has 1 rings (SSSR count). The third-order valence-electron chi connectivity index (χ3n) is 1.96. The normalized spacial score (nSPS) is 29.1. The number of hydrogen-bond donors (Lipinski definition) is 1. The highest BCUT2D eigenvalue weighted by Gasteiger charge is 2.21. The molecular weight excluding hydrogens is 172 g/mol. The molecule has 0 radical (unpaired) electrons. The summed E-state index contributed by atoms with van der Waals surface area (Å²) in [6, 6.07) is 0. The highest BCUT2D eigenvalue weighted by molar-refractivity contribution is 5.81. The molecule has 13 heavy (non-hydrogen) atoms. The summed E-state index contributed by atoms with van der Waals surface area (Å²) in [6.45, 7) is 0.632. The predicted octanol–water partition coefficient (Wildman–Crippen LogP) is 0.255. The maximum absolute atomic E-state index is 10.7. The van der Waals surface area contributed by atoms with Gasteiger partial charge in [-0.2, -0.15) is 0 Å². The van der Waals surface area contributed by atoms with Gasteiger partial charge in [0.1, 0.15) is 6.10 Å². The van der Waals surface area contributed by atoms with Gasteiger partial charge in [0, 0.05) is 12.7 Å². The highest BCUT2D eigenvalue weighted by atomic mass is 16.5. The molecule has 0 aromatic rings. The minimum absolute atomic E-state index is 0.368. The van der Waals surface area contributed by atoms with Crippen LogP contribution < -0.4 is 0 Å². The molecule has 0 bridgehead atoms. The third kappa shape index (κ3) is 3.16. The van der Waals surface area contributed by atoms with Gasteiger partial charge in [-0.15, -0.1) is 0 Å².